The predicted molar refractivity (Wildman–Crippen MR) is 58.2 cm³/mol. The molecule has 86 valence electrons. The molecule has 1 heterocycles. The summed E-state index contributed by atoms with van der Waals surface area (Å²) in [4.78, 5) is 0. The molecule has 0 unspecified atom stereocenters. The lowest BCUT2D eigenvalue weighted by atomic mass is 9.86. The molecule has 0 amide bonds. The fourth-order valence-corrected chi connectivity index (χ4v) is 0.999. The molecule has 0 saturated carbocycles. The second-order valence-electron chi connectivity index (χ2n) is 4.89. The molecule has 15 heavy (non-hydrogen) atoms. The second-order valence-corrected chi connectivity index (χ2v) is 4.89. The summed E-state index contributed by atoms with van der Waals surface area (Å²) >= 11 is 0. The molecule has 1 aromatic heterocycles. The van der Waals surface area contributed by atoms with Crippen molar-refractivity contribution in [3.8, 4) is 0 Å². The van der Waals surface area contributed by atoms with Gasteiger partial charge in [0.1, 0.15) is 0 Å². The zero-order chi connectivity index (χ0) is 11.7. The van der Waals surface area contributed by atoms with Crippen molar-refractivity contribution in [3.63, 3.8) is 0 Å². The molecule has 0 fully saturated rings. The van der Waals surface area contributed by atoms with Crippen LogP contribution in [-0.4, -0.2) is 31.2 Å². The molecular weight excluding hydrogens is 192 g/mol. The number of nitrogens with one attached hydrogen (secondary N) is 1. The second kappa shape index (κ2) is 3.90. The molecule has 1 rings (SSSR count). The van der Waals surface area contributed by atoms with Crippen LogP contribution in [0.5, 0.6) is 0 Å². The summed E-state index contributed by atoms with van der Waals surface area (Å²) < 4.78 is 1.72. The number of aromatic nitrogens is 3. The maximum Gasteiger partial charge on any atom is 0.0767 e. The molecular formula is C10H20N4O. The van der Waals surface area contributed by atoms with E-state index in [1.54, 1.807) is 24.7 Å². The van der Waals surface area contributed by atoms with Gasteiger partial charge in [-0.1, -0.05) is 5.21 Å². The fraction of sp³-hybridized carbons (Fsp3) is 0.800. The first-order valence-corrected chi connectivity index (χ1v) is 5.05. The van der Waals surface area contributed by atoms with Crippen molar-refractivity contribution >= 4 is 0 Å². The van der Waals surface area contributed by atoms with Gasteiger partial charge in [0.25, 0.3) is 0 Å². The number of hydrogen-bond acceptors (Lipinski definition) is 4. The Morgan fingerprint density at radius 1 is 1.40 bits per heavy atom. The van der Waals surface area contributed by atoms with Crippen molar-refractivity contribution in [1.29, 1.82) is 0 Å². The highest BCUT2D eigenvalue weighted by Gasteiger charge is 2.34. The summed E-state index contributed by atoms with van der Waals surface area (Å²) in [6.45, 7) is 8.16. The Morgan fingerprint density at radius 3 is 2.40 bits per heavy atom. The van der Waals surface area contributed by atoms with Gasteiger partial charge in [0.15, 0.2) is 0 Å². The third-order valence-electron chi connectivity index (χ3n) is 3.05. The zero-order valence-corrected chi connectivity index (χ0v) is 10.1. The molecule has 0 radical (unpaired) electrons. The number of aryl methyl sites for hydroxylation is 1. The van der Waals surface area contributed by atoms with Crippen molar-refractivity contribution in [1.82, 2.24) is 20.3 Å². The summed E-state index contributed by atoms with van der Waals surface area (Å²) in [5.41, 5.74) is -0.150. The van der Waals surface area contributed by atoms with Crippen LogP contribution >= 0.6 is 0 Å². The van der Waals surface area contributed by atoms with Crippen molar-refractivity contribution in [2.24, 2.45) is 7.05 Å². The van der Waals surface area contributed by atoms with E-state index in [1.807, 2.05) is 20.9 Å². The number of hydrogen-bond donors (Lipinski definition) is 2. The summed E-state index contributed by atoms with van der Waals surface area (Å²) in [7, 11) is 1.85. The van der Waals surface area contributed by atoms with Gasteiger partial charge in [-0.3, -0.25) is 4.68 Å². The van der Waals surface area contributed by atoms with Gasteiger partial charge in [-0.2, -0.15) is 0 Å². The first kappa shape index (κ1) is 12.1. The quantitative estimate of drug-likeness (QED) is 0.761. The van der Waals surface area contributed by atoms with Crippen molar-refractivity contribution in [3.05, 3.63) is 11.9 Å². The molecule has 0 atom stereocenters. The lowest BCUT2D eigenvalue weighted by molar-refractivity contribution is -0.00558. The highest BCUT2D eigenvalue weighted by atomic mass is 16.3. The summed E-state index contributed by atoms with van der Waals surface area (Å²) in [6, 6.07) is 0. The summed E-state index contributed by atoms with van der Waals surface area (Å²) in [5, 5.41) is 20.9. The molecule has 5 heteroatoms. The minimum absolute atomic E-state index is 0.364. The van der Waals surface area contributed by atoms with Crippen LogP contribution in [0.25, 0.3) is 0 Å². The SMILES string of the molecule is Cn1nncc1CNC(C)(C)C(C)(C)O. The van der Waals surface area contributed by atoms with Crippen LogP contribution in [0, 0.1) is 0 Å². The largest absolute Gasteiger partial charge is 0.389 e. The van der Waals surface area contributed by atoms with Crippen LogP contribution in [0.15, 0.2) is 6.20 Å². The highest BCUT2D eigenvalue weighted by Crippen LogP contribution is 2.20. The first-order chi connectivity index (χ1) is 6.74. The summed E-state index contributed by atoms with van der Waals surface area (Å²) in [6.07, 6.45) is 1.72. The third-order valence-corrected chi connectivity index (χ3v) is 3.05. The monoisotopic (exact) mass is 212 g/mol. The van der Waals surface area contributed by atoms with E-state index in [9.17, 15) is 5.11 Å². The number of rotatable bonds is 4. The van der Waals surface area contributed by atoms with Gasteiger partial charge in [0, 0.05) is 19.1 Å². The summed E-state index contributed by atoms with van der Waals surface area (Å²) in [5.74, 6) is 0. The Bertz CT molecular complexity index is 324. The Kier molecular flexibility index (Phi) is 3.16. The van der Waals surface area contributed by atoms with Crippen LogP contribution in [0.2, 0.25) is 0 Å². The molecule has 5 nitrogen and oxygen atoms in total. The molecule has 0 aliphatic heterocycles. The number of aliphatic hydroxyl groups is 1. The van der Waals surface area contributed by atoms with Gasteiger partial charge in [0.05, 0.1) is 17.5 Å². The van der Waals surface area contributed by atoms with Gasteiger partial charge < -0.3 is 10.4 Å². The van der Waals surface area contributed by atoms with Gasteiger partial charge in [-0.25, -0.2) is 0 Å². The lowest BCUT2D eigenvalue weighted by Gasteiger charge is -2.38. The van der Waals surface area contributed by atoms with Crippen LogP contribution in [0.3, 0.4) is 0 Å². The normalized spacial score (nSPS) is 13.2. The van der Waals surface area contributed by atoms with Crippen LogP contribution in [0.4, 0.5) is 0 Å². The molecule has 0 aliphatic rings. The van der Waals surface area contributed by atoms with Crippen molar-refractivity contribution in [2.45, 2.75) is 45.4 Å². The fourth-order valence-electron chi connectivity index (χ4n) is 0.999. The van der Waals surface area contributed by atoms with E-state index >= 15 is 0 Å². The predicted octanol–water partition coefficient (Wildman–Crippen LogP) is 0.454. The Balaban J connectivity index is 2.61. The Morgan fingerprint density at radius 2 is 2.00 bits per heavy atom. The highest BCUT2D eigenvalue weighted by molar-refractivity contribution is 4.98. The molecule has 2 N–H and O–H groups in total. The van der Waals surface area contributed by atoms with Crippen molar-refractivity contribution in [2.75, 3.05) is 0 Å². The smallest absolute Gasteiger partial charge is 0.0767 e. The molecule has 0 aromatic carbocycles. The Labute approximate surface area is 90.5 Å². The van der Waals surface area contributed by atoms with E-state index in [2.05, 4.69) is 15.6 Å². The van der Waals surface area contributed by atoms with Crippen LogP contribution < -0.4 is 5.32 Å². The minimum atomic E-state index is -0.779. The van der Waals surface area contributed by atoms with E-state index < -0.39 is 5.60 Å². The van der Waals surface area contributed by atoms with E-state index in [1.165, 1.54) is 0 Å². The molecule has 0 aliphatic carbocycles. The maximum absolute atomic E-state index is 9.94. The number of nitrogens with zero attached hydrogens (tertiary/aromatic N) is 3. The van der Waals surface area contributed by atoms with Gasteiger partial charge >= 0.3 is 0 Å². The van der Waals surface area contributed by atoms with Crippen LogP contribution in [-0.2, 0) is 13.6 Å². The van der Waals surface area contributed by atoms with Gasteiger partial charge in [-0.05, 0) is 27.7 Å². The first-order valence-electron chi connectivity index (χ1n) is 5.05. The standard InChI is InChI=1S/C10H20N4O/c1-9(2,10(3,4)15)11-6-8-7-12-13-14(8)5/h7,11,15H,6H2,1-5H3. The average molecular weight is 212 g/mol. The molecule has 0 spiro atoms. The average Bonchev–Trinajstić information content (AvgIpc) is 2.46. The van der Waals surface area contributed by atoms with Gasteiger partial charge in [0.2, 0.25) is 0 Å². The zero-order valence-electron chi connectivity index (χ0n) is 10.1. The van der Waals surface area contributed by atoms with Crippen molar-refractivity contribution < 1.29 is 5.11 Å². The topological polar surface area (TPSA) is 63.0 Å². The maximum atomic E-state index is 9.94. The van der Waals surface area contributed by atoms with E-state index in [-0.39, 0.29) is 5.54 Å². The van der Waals surface area contributed by atoms with E-state index in [4.69, 9.17) is 0 Å². The third kappa shape index (κ3) is 2.76. The minimum Gasteiger partial charge on any atom is -0.389 e. The van der Waals surface area contributed by atoms with E-state index in [0.29, 0.717) is 6.54 Å². The van der Waals surface area contributed by atoms with E-state index in [0.717, 1.165) is 5.69 Å². The lowest BCUT2D eigenvalue weighted by Crippen LogP contribution is -2.55. The Hall–Kier alpha value is -0.940. The molecule has 0 saturated heterocycles. The van der Waals surface area contributed by atoms with Crippen LogP contribution in [0.1, 0.15) is 33.4 Å². The van der Waals surface area contributed by atoms with Gasteiger partial charge in [-0.15, -0.1) is 5.10 Å². The molecule has 1 aromatic rings. The molecule has 0 bridgehead atoms.